The molecule has 164 valence electrons. The highest BCUT2D eigenvalue weighted by atomic mass is 32.2. The van der Waals surface area contributed by atoms with Crippen LogP contribution in [0, 0.1) is 5.82 Å². The maximum absolute atomic E-state index is 13.1. The fraction of sp³-hybridized carbons (Fsp3) is 0.250. The third-order valence-electron chi connectivity index (χ3n) is 4.80. The number of hydrogen-bond acceptors (Lipinski definition) is 6. The number of sulfonamides is 1. The fourth-order valence-corrected chi connectivity index (χ4v) is 3.38. The molecule has 11 heteroatoms. The first-order valence-corrected chi connectivity index (χ1v) is 11.1. The lowest BCUT2D eigenvalue weighted by molar-refractivity contribution is 0.0946. The predicted octanol–water partition coefficient (Wildman–Crippen LogP) is 1.06. The molecule has 9 nitrogen and oxygen atoms in total. The van der Waals surface area contributed by atoms with E-state index in [-0.39, 0.29) is 30.7 Å². The summed E-state index contributed by atoms with van der Waals surface area (Å²) >= 11 is 0. The van der Waals surface area contributed by atoms with Gasteiger partial charge in [0.1, 0.15) is 16.9 Å². The average Bonchev–Trinajstić information content (AvgIpc) is 2.72. The number of pyridine rings is 2. The molecule has 3 rings (SSSR count). The molecule has 2 aromatic heterocycles. The van der Waals surface area contributed by atoms with Gasteiger partial charge in [-0.05, 0) is 29.8 Å². The highest BCUT2D eigenvalue weighted by molar-refractivity contribution is 7.88. The van der Waals surface area contributed by atoms with Crippen molar-refractivity contribution in [2.45, 2.75) is 13.1 Å². The molecule has 0 atom stereocenters. The van der Waals surface area contributed by atoms with E-state index in [1.54, 1.807) is 12.1 Å². The summed E-state index contributed by atoms with van der Waals surface area (Å²) in [5.74, 6) is -1.82. The van der Waals surface area contributed by atoms with Gasteiger partial charge >= 0.3 is 0 Å². The number of benzene rings is 1. The van der Waals surface area contributed by atoms with Crippen LogP contribution in [0.1, 0.15) is 15.9 Å². The van der Waals surface area contributed by atoms with E-state index in [0.29, 0.717) is 5.56 Å². The van der Waals surface area contributed by atoms with Gasteiger partial charge in [-0.3, -0.25) is 14.6 Å². The van der Waals surface area contributed by atoms with Gasteiger partial charge in [0.05, 0.1) is 11.8 Å². The van der Waals surface area contributed by atoms with Gasteiger partial charge < -0.3 is 15.0 Å². The number of carbonyl (C=O) groups excluding carboxylic acids is 1. The van der Waals surface area contributed by atoms with Gasteiger partial charge in [0.2, 0.25) is 10.0 Å². The summed E-state index contributed by atoms with van der Waals surface area (Å²) < 4.78 is 38.7. The second-order valence-corrected chi connectivity index (χ2v) is 9.03. The van der Waals surface area contributed by atoms with Crippen LogP contribution in [-0.4, -0.2) is 53.1 Å². The molecule has 0 spiro atoms. The summed E-state index contributed by atoms with van der Waals surface area (Å²) in [5, 5.41) is 13.1. The van der Waals surface area contributed by atoms with Crippen molar-refractivity contribution in [1.29, 1.82) is 0 Å². The quantitative estimate of drug-likeness (QED) is 0.558. The largest absolute Gasteiger partial charge is 0.505 e. The normalized spacial score (nSPS) is 11.7. The summed E-state index contributed by atoms with van der Waals surface area (Å²) in [6.07, 6.45) is 2.44. The molecule has 0 saturated heterocycles. The Kier molecular flexibility index (Phi) is 6.37. The van der Waals surface area contributed by atoms with Gasteiger partial charge in [-0.1, -0.05) is 12.1 Å². The highest BCUT2D eigenvalue weighted by Gasteiger charge is 2.23. The van der Waals surface area contributed by atoms with Crippen LogP contribution < -0.4 is 10.9 Å². The Bertz CT molecular complexity index is 1290. The lowest BCUT2D eigenvalue weighted by Gasteiger charge is -2.18. The van der Waals surface area contributed by atoms with Crippen LogP contribution in [0.15, 0.2) is 47.4 Å². The Morgan fingerprint density at radius 3 is 2.58 bits per heavy atom. The predicted molar refractivity (Wildman–Crippen MR) is 113 cm³/mol. The Hall–Kier alpha value is -3.31. The van der Waals surface area contributed by atoms with Crippen molar-refractivity contribution in [3.8, 4) is 5.75 Å². The minimum absolute atomic E-state index is 0.00899. The molecule has 31 heavy (non-hydrogen) atoms. The number of hydrogen-bond donors (Lipinski definition) is 2. The zero-order valence-corrected chi connectivity index (χ0v) is 17.7. The Labute approximate surface area is 177 Å². The molecule has 1 aromatic carbocycles. The van der Waals surface area contributed by atoms with E-state index in [0.717, 1.165) is 10.6 Å². The number of nitrogens with one attached hydrogen (secondary N) is 1. The van der Waals surface area contributed by atoms with Gasteiger partial charge in [-0.25, -0.2) is 17.1 Å². The van der Waals surface area contributed by atoms with E-state index in [1.165, 1.54) is 42.1 Å². The van der Waals surface area contributed by atoms with Crippen molar-refractivity contribution in [1.82, 2.24) is 19.2 Å². The maximum atomic E-state index is 13.1. The van der Waals surface area contributed by atoms with Crippen molar-refractivity contribution in [2.24, 2.45) is 0 Å². The molecule has 1 amide bonds. The molecule has 2 heterocycles. The number of fused-ring (bicyclic) bond motifs is 1. The molecule has 0 aliphatic rings. The zero-order chi connectivity index (χ0) is 22.8. The first kappa shape index (κ1) is 22.4. The van der Waals surface area contributed by atoms with E-state index in [9.17, 15) is 27.5 Å². The van der Waals surface area contributed by atoms with E-state index in [1.807, 2.05) is 0 Å². The Morgan fingerprint density at radius 1 is 1.26 bits per heavy atom. The molecule has 0 fully saturated rings. The maximum Gasteiger partial charge on any atom is 0.267 e. The molecule has 0 bridgehead atoms. The van der Waals surface area contributed by atoms with E-state index in [4.69, 9.17) is 0 Å². The molecule has 0 radical (unpaired) electrons. The highest BCUT2D eigenvalue weighted by Crippen LogP contribution is 2.24. The van der Waals surface area contributed by atoms with Crippen LogP contribution in [0.3, 0.4) is 0 Å². The Balaban J connectivity index is 1.98. The van der Waals surface area contributed by atoms with Gasteiger partial charge in [0, 0.05) is 32.9 Å². The smallest absolute Gasteiger partial charge is 0.267 e. The minimum atomic E-state index is -3.47. The van der Waals surface area contributed by atoms with Crippen LogP contribution in [0.25, 0.3) is 11.0 Å². The molecule has 0 saturated carbocycles. The summed E-state index contributed by atoms with van der Waals surface area (Å²) in [6, 6.07) is 8.55. The summed E-state index contributed by atoms with van der Waals surface area (Å²) in [6.45, 7) is -0.0671. The van der Waals surface area contributed by atoms with Crippen molar-refractivity contribution in [3.63, 3.8) is 0 Å². The number of likely N-dealkylation sites (N-methyl/N-ethyl adjacent to an activating group) is 1. The zero-order valence-electron chi connectivity index (χ0n) is 16.9. The van der Waals surface area contributed by atoms with Gasteiger partial charge in [-0.2, -0.15) is 0 Å². The summed E-state index contributed by atoms with van der Waals surface area (Å²) in [7, 11) is -2.10. The molecule has 3 aromatic rings. The SMILES string of the molecule is CN(CCn1c(=O)c(C(=O)NCc2ccc(F)cc2)c(O)c2ncccc21)S(C)(=O)=O. The van der Waals surface area contributed by atoms with E-state index >= 15 is 0 Å². The van der Waals surface area contributed by atoms with Crippen LogP contribution in [0.2, 0.25) is 0 Å². The number of aromatic nitrogens is 2. The topological polar surface area (TPSA) is 122 Å². The summed E-state index contributed by atoms with van der Waals surface area (Å²) in [4.78, 5) is 29.9. The fourth-order valence-electron chi connectivity index (χ4n) is 2.97. The number of nitrogens with zero attached hydrogens (tertiary/aromatic N) is 3. The second kappa shape index (κ2) is 8.82. The molecular formula is C20H21FN4O5S. The van der Waals surface area contributed by atoms with Gasteiger partial charge in [0.25, 0.3) is 11.5 Å². The molecule has 0 aliphatic carbocycles. The second-order valence-electron chi connectivity index (χ2n) is 6.95. The average molecular weight is 448 g/mol. The van der Waals surface area contributed by atoms with Crippen LogP contribution >= 0.6 is 0 Å². The van der Waals surface area contributed by atoms with Gasteiger partial charge in [-0.15, -0.1) is 0 Å². The lowest BCUT2D eigenvalue weighted by Crippen LogP contribution is -2.36. The van der Waals surface area contributed by atoms with E-state index < -0.39 is 38.6 Å². The first-order valence-electron chi connectivity index (χ1n) is 9.24. The third-order valence-corrected chi connectivity index (χ3v) is 6.11. The minimum Gasteiger partial charge on any atom is -0.505 e. The van der Waals surface area contributed by atoms with Crippen molar-refractivity contribution in [2.75, 3.05) is 19.8 Å². The first-order chi connectivity index (χ1) is 14.6. The summed E-state index contributed by atoms with van der Waals surface area (Å²) in [5.41, 5.74) is -0.381. The molecular weight excluding hydrogens is 427 g/mol. The van der Waals surface area contributed by atoms with E-state index in [2.05, 4.69) is 10.3 Å². The number of amides is 1. The number of halogens is 1. The standard InChI is InChI=1S/C20H21FN4O5S/c1-24(31(2,29)30)10-11-25-15-4-3-9-22-17(15)18(26)16(20(25)28)19(27)23-12-13-5-7-14(21)8-6-13/h3-9,26H,10-12H2,1-2H3,(H,23,27). The molecule has 0 aliphatic heterocycles. The monoisotopic (exact) mass is 448 g/mol. The van der Waals surface area contributed by atoms with Crippen LogP contribution in [0.5, 0.6) is 5.75 Å². The van der Waals surface area contributed by atoms with Crippen molar-refractivity contribution in [3.05, 3.63) is 69.9 Å². The Morgan fingerprint density at radius 2 is 1.94 bits per heavy atom. The molecule has 2 N–H and O–H groups in total. The number of rotatable bonds is 7. The number of carbonyl (C=O) groups is 1. The lowest BCUT2D eigenvalue weighted by atomic mass is 10.1. The van der Waals surface area contributed by atoms with Crippen molar-refractivity contribution >= 4 is 27.0 Å². The third kappa shape index (κ3) is 4.89. The van der Waals surface area contributed by atoms with Gasteiger partial charge in [0.15, 0.2) is 5.75 Å². The molecule has 0 unspecified atom stereocenters. The van der Waals surface area contributed by atoms with Crippen LogP contribution in [0.4, 0.5) is 4.39 Å². The van der Waals surface area contributed by atoms with Crippen molar-refractivity contribution < 1.29 is 22.7 Å². The van der Waals surface area contributed by atoms with Crippen LogP contribution in [-0.2, 0) is 23.1 Å². The number of aromatic hydroxyl groups is 1.